The third-order valence-corrected chi connectivity index (χ3v) is 4.07. The number of hydrogen-bond donors (Lipinski definition) is 2. The second-order valence-corrected chi connectivity index (χ2v) is 5.91. The lowest BCUT2D eigenvalue weighted by atomic mass is 10.1. The van der Waals surface area contributed by atoms with Gasteiger partial charge in [-0.15, -0.1) is 0 Å². The highest BCUT2D eigenvalue weighted by molar-refractivity contribution is 5.99. The zero-order valence-electron chi connectivity index (χ0n) is 16.3. The first-order valence-electron chi connectivity index (χ1n) is 8.60. The Hall–Kier alpha value is -4.08. The topological polar surface area (TPSA) is 112 Å². The Morgan fingerprint density at radius 2 is 1.60 bits per heavy atom. The predicted octanol–water partition coefficient (Wildman–Crippen LogP) is 2.58. The maximum atomic E-state index is 13.3. The highest BCUT2D eigenvalue weighted by Gasteiger charge is 2.19. The molecular weight excluding hydrogens is 397 g/mol. The molecular formula is C20H18FN3O6. The summed E-state index contributed by atoms with van der Waals surface area (Å²) in [6, 6.07) is 9.86. The number of aromatic nitrogens is 1. The lowest BCUT2D eigenvalue weighted by molar-refractivity contribution is 0.0825. The Kier molecular flexibility index (Phi) is 6.16. The van der Waals surface area contributed by atoms with Crippen LogP contribution in [0.2, 0.25) is 0 Å². The molecule has 0 saturated carbocycles. The van der Waals surface area contributed by atoms with Gasteiger partial charge in [0.2, 0.25) is 11.5 Å². The second-order valence-electron chi connectivity index (χ2n) is 5.91. The summed E-state index contributed by atoms with van der Waals surface area (Å²) in [7, 11) is 4.28. The molecule has 0 unspecified atom stereocenters. The van der Waals surface area contributed by atoms with Crippen molar-refractivity contribution in [2.75, 3.05) is 21.3 Å². The summed E-state index contributed by atoms with van der Waals surface area (Å²) < 4.78 is 33.9. The summed E-state index contributed by atoms with van der Waals surface area (Å²) in [6.07, 6.45) is 0. The van der Waals surface area contributed by atoms with Gasteiger partial charge in [-0.2, -0.15) is 0 Å². The number of benzene rings is 2. The van der Waals surface area contributed by atoms with Crippen molar-refractivity contribution in [1.82, 2.24) is 16.0 Å². The van der Waals surface area contributed by atoms with Gasteiger partial charge in [0.15, 0.2) is 11.5 Å². The zero-order chi connectivity index (χ0) is 21.7. The molecule has 0 spiro atoms. The molecule has 3 rings (SSSR count). The molecule has 1 heterocycles. The number of hydrogen-bond acceptors (Lipinski definition) is 7. The van der Waals surface area contributed by atoms with Gasteiger partial charge in [0, 0.05) is 17.2 Å². The fourth-order valence-corrected chi connectivity index (χ4v) is 2.63. The quantitative estimate of drug-likeness (QED) is 0.595. The third-order valence-electron chi connectivity index (χ3n) is 4.07. The molecule has 2 amide bonds. The number of nitrogens with zero attached hydrogens (tertiary/aromatic N) is 1. The van der Waals surface area contributed by atoms with Crippen molar-refractivity contribution in [1.29, 1.82) is 0 Å². The van der Waals surface area contributed by atoms with Crippen molar-refractivity contribution >= 4 is 11.8 Å². The summed E-state index contributed by atoms with van der Waals surface area (Å²) in [4.78, 5) is 24.7. The summed E-state index contributed by atoms with van der Waals surface area (Å²) in [5.41, 5.74) is 5.35. The Balaban J connectivity index is 1.70. The van der Waals surface area contributed by atoms with Crippen molar-refractivity contribution in [3.05, 3.63) is 59.6 Å². The standard InChI is InChI=1S/C20H18FN3O6/c1-27-15-8-12(9-16(28-2)18(15)29-3)19(25)22-23-20(26)17-10-14(24-30-17)11-5-4-6-13(21)7-11/h4-10H,1-3H3,(H,22,25)(H,23,26). The zero-order valence-corrected chi connectivity index (χ0v) is 16.3. The van der Waals surface area contributed by atoms with Crippen LogP contribution >= 0.6 is 0 Å². The number of nitrogens with one attached hydrogen (secondary N) is 2. The van der Waals surface area contributed by atoms with E-state index in [9.17, 15) is 14.0 Å². The molecule has 0 radical (unpaired) electrons. The van der Waals surface area contributed by atoms with Crippen LogP contribution in [0.25, 0.3) is 11.3 Å². The Bertz CT molecular complexity index is 1060. The van der Waals surface area contributed by atoms with Gasteiger partial charge < -0.3 is 18.7 Å². The first-order chi connectivity index (χ1) is 14.5. The Morgan fingerprint density at radius 3 is 2.20 bits per heavy atom. The Morgan fingerprint density at radius 1 is 0.933 bits per heavy atom. The van der Waals surface area contributed by atoms with E-state index in [4.69, 9.17) is 18.7 Å². The number of hydrazine groups is 1. The van der Waals surface area contributed by atoms with Gasteiger partial charge in [0.05, 0.1) is 21.3 Å². The molecule has 2 N–H and O–H groups in total. The fraction of sp³-hybridized carbons (Fsp3) is 0.150. The van der Waals surface area contributed by atoms with Crippen LogP contribution in [0, 0.1) is 5.82 Å². The van der Waals surface area contributed by atoms with Crippen LogP contribution in [0.1, 0.15) is 20.9 Å². The van der Waals surface area contributed by atoms with Gasteiger partial charge >= 0.3 is 5.91 Å². The van der Waals surface area contributed by atoms with Crippen LogP contribution in [0.4, 0.5) is 4.39 Å². The number of carbonyl (C=O) groups excluding carboxylic acids is 2. The monoisotopic (exact) mass is 415 g/mol. The lowest BCUT2D eigenvalue weighted by Gasteiger charge is -2.14. The molecule has 0 bridgehead atoms. The first-order valence-corrected chi connectivity index (χ1v) is 8.60. The highest BCUT2D eigenvalue weighted by Crippen LogP contribution is 2.38. The van der Waals surface area contributed by atoms with E-state index in [1.165, 1.54) is 57.7 Å². The molecule has 0 aliphatic heterocycles. The molecule has 0 fully saturated rings. The normalized spacial score (nSPS) is 10.3. The minimum Gasteiger partial charge on any atom is -0.493 e. The summed E-state index contributed by atoms with van der Waals surface area (Å²) in [5, 5.41) is 3.74. The van der Waals surface area contributed by atoms with Crippen LogP contribution in [0.3, 0.4) is 0 Å². The van der Waals surface area contributed by atoms with E-state index in [1.54, 1.807) is 6.07 Å². The number of amides is 2. The number of rotatable bonds is 6. The number of ether oxygens (including phenoxy) is 3. The lowest BCUT2D eigenvalue weighted by Crippen LogP contribution is -2.41. The fourth-order valence-electron chi connectivity index (χ4n) is 2.63. The number of carbonyl (C=O) groups is 2. The molecule has 0 aliphatic rings. The maximum absolute atomic E-state index is 13.3. The van der Waals surface area contributed by atoms with E-state index in [1.807, 2.05) is 0 Å². The van der Waals surface area contributed by atoms with E-state index in [2.05, 4.69) is 16.0 Å². The SMILES string of the molecule is COc1cc(C(=O)NNC(=O)c2cc(-c3cccc(F)c3)no2)cc(OC)c1OC. The van der Waals surface area contributed by atoms with Crippen molar-refractivity contribution < 1.29 is 32.7 Å². The minimum absolute atomic E-state index is 0.155. The van der Waals surface area contributed by atoms with Crippen LogP contribution in [-0.4, -0.2) is 38.3 Å². The molecule has 156 valence electrons. The van der Waals surface area contributed by atoms with Crippen molar-refractivity contribution in [2.45, 2.75) is 0 Å². The van der Waals surface area contributed by atoms with Crippen LogP contribution in [0.5, 0.6) is 17.2 Å². The number of methoxy groups -OCH3 is 3. The average molecular weight is 415 g/mol. The molecule has 1 aromatic heterocycles. The van der Waals surface area contributed by atoms with Gasteiger partial charge in [0.1, 0.15) is 11.5 Å². The van der Waals surface area contributed by atoms with Gasteiger partial charge in [0.25, 0.3) is 5.91 Å². The molecule has 0 aliphatic carbocycles. The molecule has 30 heavy (non-hydrogen) atoms. The van der Waals surface area contributed by atoms with Gasteiger partial charge in [-0.25, -0.2) is 4.39 Å². The van der Waals surface area contributed by atoms with E-state index in [-0.39, 0.29) is 28.5 Å². The van der Waals surface area contributed by atoms with Crippen LogP contribution in [-0.2, 0) is 0 Å². The summed E-state index contributed by atoms with van der Waals surface area (Å²) in [5.74, 6) is -1.10. The van der Waals surface area contributed by atoms with Gasteiger partial charge in [-0.05, 0) is 24.3 Å². The molecule has 0 atom stereocenters. The summed E-state index contributed by atoms with van der Waals surface area (Å²) >= 11 is 0. The Labute approximate surface area is 170 Å². The molecule has 2 aromatic carbocycles. The molecule has 9 nitrogen and oxygen atoms in total. The smallest absolute Gasteiger partial charge is 0.308 e. The van der Waals surface area contributed by atoms with Crippen LogP contribution < -0.4 is 25.1 Å². The van der Waals surface area contributed by atoms with Crippen LogP contribution in [0.15, 0.2) is 47.0 Å². The molecule has 10 heteroatoms. The second kappa shape index (κ2) is 8.95. The van der Waals surface area contributed by atoms with E-state index in [0.717, 1.165) is 0 Å². The summed E-state index contributed by atoms with van der Waals surface area (Å²) in [6.45, 7) is 0. The largest absolute Gasteiger partial charge is 0.493 e. The van der Waals surface area contributed by atoms with Crippen molar-refractivity contribution in [3.63, 3.8) is 0 Å². The first kappa shape index (κ1) is 20.6. The molecule has 0 saturated heterocycles. The minimum atomic E-state index is -0.744. The van der Waals surface area contributed by atoms with Crippen molar-refractivity contribution in [2.24, 2.45) is 0 Å². The van der Waals surface area contributed by atoms with Crippen molar-refractivity contribution in [3.8, 4) is 28.5 Å². The van der Waals surface area contributed by atoms with E-state index in [0.29, 0.717) is 11.3 Å². The molecule has 3 aromatic rings. The van der Waals surface area contributed by atoms with E-state index < -0.39 is 17.6 Å². The third kappa shape index (κ3) is 4.32. The maximum Gasteiger partial charge on any atom is 0.308 e. The highest BCUT2D eigenvalue weighted by atomic mass is 19.1. The van der Waals surface area contributed by atoms with E-state index >= 15 is 0 Å². The number of halogens is 1. The average Bonchev–Trinajstić information content (AvgIpc) is 3.26. The van der Waals surface area contributed by atoms with Gasteiger partial charge in [-0.3, -0.25) is 20.4 Å². The predicted molar refractivity (Wildman–Crippen MR) is 103 cm³/mol. The van der Waals surface area contributed by atoms with Gasteiger partial charge in [-0.1, -0.05) is 17.3 Å².